The highest BCUT2D eigenvalue weighted by Crippen LogP contribution is 2.13. The van der Waals surface area contributed by atoms with E-state index in [9.17, 15) is 4.79 Å². The van der Waals surface area contributed by atoms with Crippen LogP contribution in [0.4, 0.5) is 0 Å². The zero-order valence-electron chi connectivity index (χ0n) is 10.0. The molecule has 0 aliphatic carbocycles. The summed E-state index contributed by atoms with van der Waals surface area (Å²) in [5.41, 5.74) is 0.658. The van der Waals surface area contributed by atoms with Crippen molar-refractivity contribution >= 4 is 5.91 Å². The molecule has 0 aromatic heterocycles. The van der Waals surface area contributed by atoms with E-state index in [4.69, 9.17) is 4.74 Å². The molecule has 2 rings (SSSR count). The molecule has 0 spiro atoms. The van der Waals surface area contributed by atoms with Crippen LogP contribution in [0.3, 0.4) is 0 Å². The van der Waals surface area contributed by atoms with Gasteiger partial charge in [-0.1, -0.05) is 13.0 Å². The maximum absolute atomic E-state index is 11.9. The van der Waals surface area contributed by atoms with Crippen LogP contribution in [0.1, 0.15) is 23.7 Å². The Morgan fingerprint density at radius 2 is 2.35 bits per heavy atom. The highest BCUT2D eigenvalue weighted by Gasteiger charge is 2.19. The summed E-state index contributed by atoms with van der Waals surface area (Å²) in [6.07, 6.45) is 0.962. The summed E-state index contributed by atoms with van der Waals surface area (Å²) in [4.78, 5) is 11.9. The van der Waals surface area contributed by atoms with Gasteiger partial charge in [0, 0.05) is 18.7 Å². The molecule has 2 N–H and O–H groups in total. The van der Waals surface area contributed by atoms with E-state index >= 15 is 0 Å². The first kappa shape index (κ1) is 11.9. The Hall–Kier alpha value is -1.55. The third-order valence-corrected chi connectivity index (χ3v) is 2.69. The van der Waals surface area contributed by atoms with Crippen molar-refractivity contribution in [1.29, 1.82) is 0 Å². The summed E-state index contributed by atoms with van der Waals surface area (Å²) in [6, 6.07) is 7.58. The molecule has 1 heterocycles. The van der Waals surface area contributed by atoms with Crippen LogP contribution in [-0.4, -0.2) is 31.6 Å². The number of amides is 1. The Bertz CT molecular complexity index is 389. The summed E-state index contributed by atoms with van der Waals surface area (Å²) in [7, 11) is 0. The van der Waals surface area contributed by atoms with Gasteiger partial charge < -0.3 is 15.4 Å². The van der Waals surface area contributed by atoms with Crippen molar-refractivity contribution in [1.82, 2.24) is 10.6 Å². The van der Waals surface area contributed by atoms with E-state index < -0.39 is 0 Å². The first-order chi connectivity index (χ1) is 8.29. The Morgan fingerprint density at radius 1 is 1.53 bits per heavy atom. The summed E-state index contributed by atoms with van der Waals surface area (Å²) >= 11 is 0. The van der Waals surface area contributed by atoms with Crippen molar-refractivity contribution in [2.45, 2.75) is 19.4 Å². The third-order valence-electron chi connectivity index (χ3n) is 2.69. The molecule has 0 radical (unpaired) electrons. The zero-order chi connectivity index (χ0) is 12.1. The maximum atomic E-state index is 11.9. The molecular formula is C13H18N2O2. The molecule has 92 valence electrons. The molecule has 1 fully saturated rings. The fourth-order valence-corrected chi connectivity index (χ4v) is 1.61. The first-order valence-corrected chi connectivity index (χ1v) is 6.04. The predicted octanol–water partition coefficient (Wildman–Crippen LogP) is 1.18. The molecule has 0 unspecified atom stereocenters. The molecule has 0 saturated carbocycles. The van der Waals surface area contributed by atoms with Crippen LogP contribution in [-0.2, 0) is 0 Å². The van der Waals surface area contributed by atoms with E-state index in [1.807, 2.05) is 12.1 Å². The standard InChI is InChI=1S/C13H18N2O2/c1-2-6-17-12-5-3-4-10(7-12)13(16)15-11-8-14-9-11/h3-5,7,11,14H,2,6,8-9H2,1H3,(H,15,16). The monoisotopic (exact) mass is 234 g/mol. The number of rotatable bonds is 5. The van der Waals surface area contributed by atoms with Crippen LogP contribution in [0.15, 0.2) is 24.3 Å². The zero-order valence-corrected chi connectivity index (χ0v) is 10.0. The average Bonchev–Trinajstić information content (AvgIpc) is 2.31. The van der Waals surface area contributed by atoms with E-state index in [0.717, 1.165) is 25.3 Å². The Labute approximate surface area is 101 Å². The van der Waals surface area contributed by atoms with Gasteiger partial charge in [-0.3, -0.25) is 4.79 Å². The average molecular weight is 234 g/mol. The summed E-state index contributed by atoms with van der Waals surface area (Å²) in [6.45, 7) is 4.45. The molecule has 4 nitrogen and oxygen atoms in total. The Morgan fingerprint density at radius 3 is 3.00 bits per heavy atom. The molecule has 1 saturated heterocycles. The van der Waals surface area contributed by atoms with Crippen LogP contribution in [0.5, 0.6) is 5.75 Å². The number of ether oxygens (including phenoxy) is 1. The molecular weight excluding hydrogens is 216 g/mol. The highest BCUT2D eigenvalue weighted by molar-refractivity contribution is 5.94. The molecule has 1 aliphatic heterocycles. The first-order valence-electron chi connectivity index (χ1n) is 6.04. The lowest BCUT2D eigenvalue weighted by Gasteiger charge is -2.27. The van der Waals surface area contributed by atoms with Crippen molar-refractivity contribution in [2.24, 2.45) is 0 Å². The lowest BCUT2D eigenvalue weighted by molar-refractivity contribution is 0.0923. The molecule has 17 heavy (non-hydrogen) atoms. The molecule has 1 aliphatic rings. The molecule has 0 atom stereocenters. The van der Waals surface area contributed by atoms with Crippen LogP contribution in [0, 0.1) is 0 Å². The second-order valence-electron chi connectivity index (χ2n) is 4.20. The maximum Gasteiger partial charge on any atom is 0.251 e. The van der Waals surface area contributed by atoms with E-state index in [-0.39, 0.29) is 11.9 Å². The van der Waals surface area contributed by atoms with Gasteiger partial charge in [0.15, 0.2) is 0 Å². The van der Waals surface area contributed by atoms with Crippen LogP contribution < -0.4 is 15.4 Å². The fourth-order valence-electron chi connectivity index (χ4n) is 1.61. The molecule has 1 amide bonds. The van der Waals surface area contributed by atoms with Gasteiger partial charge in [0.2, 0.25) is 0 Å². The predicted molar refractivity (Wildman–Crippen MR) is 66.4 cm³/mol. The minimum absolute atomic E-state index is 0.0292. The topological polar surface area (TPSA) is 50.4 Å². The number of hydrogen-bond donors (Lipinski definition) is 2. The smallest absolute Gasteiger partial charge is 0.251 e. The van der Waals surface area contributed by atoms with Crippen molar-refractivity contribution < 1.29 is 9.53 Å². The number of carbonyl (C=O) groups excluding carboxylic acids is 1. The number of hydrogen-bond acceptors (Lipinski definition) is 3. The van der Waals surface area contributed by atoms with E-state index in [2.05, 4.69) is 17.6 Å². The lowest BCUT2D eigenvalue weighted by Crippen LogP contribution is -2.56. The summed E-state index contributed by atoms with van der Waals surface area (Å²) in [5, 5.41) is 6.08. The van der Waals surface area contributed by atoms with Gasteiger partial charge in [0.05, 0.1) is 12.6 Å². The van der Waals surface area contributed by atoms with Crippen molar-refractivity contribution in [3.63, 3.8) is 0 Å². The van der Waals surface area contributed by atoms with Crippen molar-refractivity contribution in [3.05, 3.63) is 29.8 Å². The third kappa shape index (κ3) is 3.20. The minimum atomic E-state index is -0.0292. The highest BCUT2D eigenvalue weighted by atomic mass is 16.5. The van der Waals surface area contributed by atoms with Crippen LogP contribution in [0.25, 0.3) is 0 Å². The van der Waals surface area contributed by atoms with Gasteiger partial charge in [-0.2, -0.15) is 0 Å². The normalized spacial score (nSPS) is 15.1. The quantitative estimate of drug-likeness (QED) is 0.804. The van der Waals surface area contributed by atoms with Crippen LogP contribution in [0.2, 0.25) is 0 Å². The molecule has 1 aromatic rings. The minimum Gasteiger partial charge on any atom is -0.494 e. The molecule has 0 bridgehead atoms. The largest absolute Gasteiger partial charge is 0.494 e. The number of carbonyl (C=O) groups is 1. The number of benzene rings is 1. The van der Waals surface area contributed by atoms with E-state index in [1.165, 1.54) is 0 Å². The van der Waals surface area contributed by atoms with Gasteiger partial charge in [0.1, 0.15) is 5.75 Å². The SMILES string of the molecule is CCCOc1cccc(C(=O)NC2CNC2)c1. The summed E-state index contributed by atoms with van der Waals surface area (Å²) in [5.74, 6) is 0.727. The van der Waals surface area contributed by atoms with Gasteiger partial charge >= 0.3 is 0 Å². The summed E-state index contributed by atoms with van der Waals surface area (Å²) < 4.78 is 5.50. The second kappa shape index (κ2) is 5.68. The van der Waals surface area contributed by atoms with E-state index in [0.29, 0.717) is 12.2 Å². The van der Waals surface area contributed by atoms with Crippen molar-refractivity contribution in [3.8, 4) is 5.75 Å². The second-order valence-corrected chi connectivity index (χ2v) is 4.20. The van der Waals surface area contributed by atoms with Crippen LogP contribution >= 0.6 is 0 Å². The van der Waals surface area contributed by atoms with E-state index in [1.54, 1.807) is 12.1 Å². The van der Waals surface area contributed by atoms with Crippen molar-refractivity contribution in [2.75, 3.05) is 19.7 Å². The Balaban J connectivity index is 1.96. The Kier molecular flexibility index (Phi) is 3.98. The van der Waals surface area contributed by atoms with Gasteiger partial charge in [-0.05, 0) is 24.6 Å². The molecule has 1 aromatic carbocycles. The van der Waals surface area contributed by atoms with Gasteiger partial charge in [0.25, 0.3) is 5.91 Å². The van der Waals surface area contributed by atoms with Gasteiger partial charge in [-0.15, -0.1) is 0 Å². The fraction of sp³-hybridized carbons (Fsp3) is 0.462. The molecule has 4 heteroatoms. The lowest BCUT2D eigenvalue weighted by atomic mass is 10.1. The van der Waals surface area contributed by atoms with Gasteiger partial charge in [-0.25, -0.2) is 0 Å². The number of nitrogens with one attached hydrogen (secondary N) is 2.